The molecule has 0 aliphatic rings. The molecule has 0 aromatic heterocycles. The van der Waals surface area contributed by atoms with E-state index < -0.39 is 11.9 Å². The third kappa shape index (κ3) is 4.72. The Morgan fingerprint density at radius 3 is 2.20 bits per heavy atom. The van der Waals surface area contributed by atoms with Crippen LogP contribution in [0.5, 0.6) is 11.5 Å². The Bertz CT molecular complexity index is 524. The van der Waals surface area contributed by atoms with E-state index in [1.54, 1.807) is 0 Å². The molecule has 0 radical (unpaired) electrons. The van der Waals surface area contributed by atoms with Gasteiger partial charge in [0.15, 0.2) is 11.5 Å². The van der Waals surface area contributed by atoms with Crippen LogP contribution in [-0.2, 0) is 9.59 Å². The van der Waals surface area contributed by atoms with Gasteiger partial charge in [-0.1, -0.05) is 6.92 Å². The number of carbonyl (C=O) groups is 3. The number of carbonyl (C=O) groups excluding carboxylic acids is 3. The van der Waals surface area contributed by atoms with Gasteiger partial charge in [0.05, 0.1) is 0 Å². The highest BCUT2D eigenvalue weighted by molar-refractivity contribution is 5.95. The topological polar surface area (TPSA) is 81.7 Å². The highest BCUT2D eigenvalue weighted by Gasteiger charge is 2.14. The maximum Gasteiger partial charge on any atom is 0.308 e. The summed E-state index contributed by atoms with van der Waals surface area (Å²) in [6.07, 6.45) is 0.814. The Morgan fingerprint density at radius 1 is 1.05 bits per heavy atom. The molecule has 0 aliphatic carbocycles. The minimum atomic E-state index is -0.565. The summed E-state index contributed by atoms with van der Waals surface area (Å²) >= 11 is 0. The van der Waals surface area contributed by atoms with Crippen LogP contribution in [0.25, 0.3) is 0 Å². The molecule has 0 atom stereocenters. The lowest BCUT2D eigenvalue weighted by atomic mass is 10.2. The SMILES string of the molecule is CCCNC(=O)c1ccc(OC(C)=O)c(OC(C)=O)c1. The van der Waals surface area contributed by atoms with Gasteiger partial charge in [-0.3, -0.25) is 14.4 Å². The lowest BCUT2D eigenvalue weighted by Crippen LogP contribution is -2.24. The molecule has 1 aromatic carbocycles. The van der Waals surface area contributed by atoms with Crippen molar-refractivity contribution in [1.29, 1.82) is 0 Å². The van der Waals surface area contributed by atoms with Gasteiger partial charge in [0.1, 0.15) is 0 Å². The van der Waals surface area contributed by atoms with Crippen molar-refractivity contribution in [1.82, 2.24) is 5.32 Å². The summed E-state index contributed by atoms with van der Waals surface area (Å²) in [7, 11) is 0. The Morgan fingerprint density at radius 2 is 1.65 bits per heavy atom. The number of amides is 1. The highest BCUT2D eigenvalue weighted by atomic mass is 16.6. The second-order valence-corrected chi connectivity index (χ2v) is 4.10. The van der Waals surface area contributed by atoms with E-state index in [0.29, 0.717) is 12.1 Å². The van der Waals surface area contributed by atoms with E-state index in [1.165, 1.54) is 32.0 Å². The van der Waals surface area contributed by atoms with Crippen molar-refractivity contribution in [2.45, 2.75) is 27.2 Å². The lowest BCUT2D eigenvalue weighted by molar-refractivity contribution is -0.134. The predicted octanol–water partition coefficient (Wildman–Crippen LogP) is 1.68. The van der Waals surface area contributed by atoms with E-state index >= 15 is 0 Å². The second kappa shape index (κ2) is 7.28. The van der Waals surface area contributed by atoms with E-state index in [-0.39, 0.29) is 17.4 Å². The van der Waals surface area contributed by atoms with Gasteiger partial charge in [-0.05, 0) is 24.6 Å². The molecule has 0 unspecified atom stereocenters. The first-order valence-electron chi connectivity index (χ1n) is 6.23. The van der Waals surface area contributed by atoms with Gasteiger partial charge in [0, 0.05) is 26.0 Å². The molecule has 0 fully saturated rings. The van der Waals surface area contributed by atoms with E-state index in [0.717, 1.165) is 6.42 Å². The van der Waals surface area contributed by atoms with Crippen LogP contribution in [-0.4, -0.2) is 24.4 Å². The number of ether oxygens (including phenoxy) is 2. The summed E-state index contributed by atoms with van der Waals surface area (Å²) in [5.41, 5.74) is 0.325. The molecular formula is C14H17NO5. The van der Waals surface area contributed by atoms with E-state index in [2.05, 4.69) is 5.32 Å². The molecule has 0 spiro atoms. The first kappa shape index (κ1) is 15.7. The van der Waals surface area contributed by atoms with Crippen molar-refractivity contribution in [3.8, 4) is 11.5 Å². The van der Waals surface area contributed by atoms with Gasteiger partial charge < -0.3 is 14.8 Å². The van der Waals surface area contributed by atoms with Crippen molar-refractivity contribution in [3.05, 3.63) is 23.8 Å². The second-order valence-electron chi connectivity index (χ2n) is 4.10. The molecule has 0 heterocycles. The highest BCUT2D eigenvalue weighted by Crippen LogP contribution is 2.28. The maximum absolute atomic E-state index is 11.8. The third-order valence-electron chi connectivity index (χ3n) is 2.25. The van der Waals surface area contributed by atoms with Gasteiger partial charge in [0.2, 0.25) is 0 Å². The molecule has 20 heavy (non-hydrogen) atoms. The van der Waals surface area contributed by atoms with Gasteiger partial charge in [0.25, 0.3) is 5.91 Å². The molecule has 6 heteroatoms. The number of benzene rings is 1. The molecule has 6 nitrogen and oxygen atoms in total. The smallest absolute Gasteiger partial charge is 0.308 e. The first-order valence-corrected chi connectivity index (χ1v) is 6.23. The number of rotatable bonds is 5. The molecule has 1 amide bonds. The minimum Gasteiger partial charge on any atom is -0.423 e. The lowest BCUT2D eigenvalue weighted by Gasteiger charge is -2.10. The Hall–Kier alpha value is -2.37. The molecule has 0 bridgehead atoms. The van der Waals surface area contributed by atoms with Gasteiger partial charge in [-0.15, -0.1) is 0 Å². The van der Waals surface area contributed by atoms with Crippen LogP contribution in [0.4, 0.5) is 0 Å². The van der Waals surface area contributed by atoms with Gasteiger partial charge in [-0.25, -0.2) is 0 Å². The average Bonchev–Trinajstić information content (AvgIpc) is 2.36. The summed E-state index contributed by atoms with van der Waals surface area (Å²) in [5.74, 6) is -1.25. The normalized spacial score (nSPS) is 9.75. The molecule has 108 valence electrons. The Kier molecular flexibility index (Phi) is 5.71. The molecule has 0 saturated heterocycles. The third-order valence-corrected chi connectivity index (χ3v) is 2.25. The molecule has 1 rings (SSSR count). The fourth-order valence-electron chi connectivity index (χ4n) is 1.46. The zero-order valence-electron chi connectivity index (χ0n) is 11.7. The van der Waals surface area contributed by atoms with Crippen molar-refractivity contribution in [2.75, 3.05) is 6.54 Å². The monoisotopic (exact) mass is 279 g/mol. The quantitative estimate of drug-likeness (QED) is 0.655. The van der Waals surface area contributed by atoms with Crippen LogP contribution in [0, 0.1) is 0 Å². The van der Waals surface area contributed by atoms with Crippen molar-refractivity contribution in [2.24, 2.45) is 0 Å². The fourth-order valence-corrected chi connectivity index (χ4v) is 1.46. The van der Waals surface area contributed by atoms with E-state index in [4.69, 9.17) is 9.47 Å². The number of hydrogen-bond acceptors (Lipinski definition) is 5. The van der Waals surface area contributed by atoms with E-state index in [9.17, 15) is 14.4 Å². The number of hydrogen-bond donors (Lipinski definition) is 1. The van der Waals surface area contributed by atoms with Crippen LogP contribution in [0.1, 0.15) is 37.6 Å². The number of esters is 2. The predicted molar refractivity (Wildman–Crippen MR) is 71.7 cm³/mol. The van der Waals surface area contributed by atoms with Crippen LogP contribution in [0.3, 0.4) is 0 Å². The minimum absolute atomic E-state index is 0.0387. The first-order chi connectivity index (χ1) is 9.43. The Labute approximate surface area is 117 Å². The molecule has 1 N–H and O–H groups in total. The molecule has 0 aliphatic heterocycles. The summed E-state index contributed by atoms with van der Waals surface area (Å²) in [6.45, 7) is 4.95. The maximum atomic E-state index is 11.8. The van der Waals surface area contributed by atoms with Crippen molar-refractivity contribution < 1.29 is 23.9 Å². The van der Waals surface area contributed by atoms with Crippen molar-refractivity contribution >= 4 is 17.8 Å². The van der Waals surface area contributed by atoms with E-state index in [1.807, 2.05) is 6.92 Å². The van der Waals surface area contributed by atoms with Crippen molar-refractivity contribution in [3.63, 3.8) is 0 Å². The van der Waals surface area contributed by atoms with Crippen LogP contribution in [0.2, 0.25) is 0 Å². The average molecular weight is 279 g/mol. The van der Waals surface area contributed by atoms with Crippen LogP contribution in [0.15, 0.2) is 18.2 Å². The van der Waals surface area contributed by atoms with Crippen LogP contribution >= 0.6 is 0 Å². The number of nitrogens with one attached hydrogen (secondary N) is 1. The summed E-state index contributed by atoms with van der Waals surface area (Å²) < 4.78 is 9.86. The molecule has 0 saturated carbocycles. The van der Waals surface area contributed by atoms with Gasteiger partial charge in [-0.2, -0.15) is 0 Å². The van der Waals surface area contributed by atoms with Crippen LogP contribution < -0.4 is 14.8 Å². The standard InChI is InChI=1S/C14H17NO5/c1-4-7-15-14(18)11-5-6-12(19-9(2)16)13(8-11)20-10(3)17/h5-6,8H,4,7H2,1-3H3,(H,15,18). The van der Waals surface area contributed by atoms with Gasteiger partial charge >= 0.3 is 11.9 Å². The summed E-state index contributed by atoms with van der Waals surface area (Å²) in [4.78, 5) is 33.8. The molecular weight excluding hydrogens is 262 g/mol. The largest absolute Gasteiger partial charge is 0.423 e. The molecule has 1 aromatic rings. The zero-order chi connectivity index (χ0) is 15.1. The Balaban J connectivity index is 3.03. The summed E-state index contributed by atoms with van der Waals surface area (Å²) in [6, 6.07) is 4.28. The zero-order valence-corrected chi connectivity index (χ0v) is 11.7. The fraction of sp³-hybridized carbons (Fsp3) is 0.357. The summed E-state index contributed by atoms with van der Waals surface area (Å²) in [5, 5.41) is 2.70.